The van der Waals surface area contributed by atoms with Crippen LogP contribution in [0.5, 0.6) is 11.5 Å². The van der Waals surface area contributed by atoms with Crippen molar-refractivity contribution < 1.29 is 36.2 Å². The minimum absolute atomic E-state index is 0.146. The van der Waals surface area contributed by atoms with Crippen LogP contribution in [0, 0.1) is 6.92 Å². The zero-order valence-electron chi connectivity index (χ0n) is 13.8. The van der Waals surface area contributed by atoms with E-state index in [4.69, 9.17) is 4.42 Å². The third kappa shape index (κ3) is 5.57. The molecule has 1 atom stereocenters. The van der Waals surface area contributed by atoms with E-state index in [1.807, 2.05) is 0 Å². The molecule has 10 heteroatoms. The van der Waals surface area contributed by atoms with Crippen LogP contribution in [0.15, 0.2) is 34.7 Å². The number of nitrogens with one attached hydrogen (secondary N) is 2. The van der Waals surface area contributed by atoms with E-state index >= 15 is 0 Å². The van der Waals surface area contributed by atoms with Crippen LogP contribution in [0.4, 0.5) is 28.0 Å². The molecule has 6 nitrogen and oxygen atoms in total. The molecule has 0 aliphatic heterocycles. The van der Waals surface area contributed by atoms with Gasteiger partial charge in [0.15, 0.2) is 5.75 Å². The first-order valence-corrected chi connectivity index (χ1v) is 7.42. The highest BCUT2D eigenvalue weighted by Crippen LogP contribution is 2.31. The molecule has 1 unspecified atom stereocenters. The van der Waals surface area contributed by atoms with Crippen LogP contribution in [0.1, 0.15) is 24.5 Å². The summed E-state index contributed by atoms with van der Waals surface area (Å²) in [7, 11) is 0. The second-order valence-corrected chi connectivity index (χ2v) is 5.18. The first kappa shape index (κ1) is 19.4. The van der Waals surface area contributed by atoms with Crippen LogP contribution < -0.4 is 20.1 Å². The minimum Gasteiger partial charge on any atom is -0.464 e. The first-order valence-electron chi connectivity index (χ1n) is 7.42. The Bertz CT molecular complexity index is 752. The van der Waals surface area contributed by atoms with Gasteiger partial charge in [-0.3, -0.25) is 0 Å². The number of benzene rings is 1. The molecule has 0 fully saturated rings. The third-order valence-corrected chi connectivity index (χ3v) is 3.18. The lowest BCUT2D eigenvalue weighted by Crippen LogP contribution is -2.31. The van der Waals surface area contributed by atoms with Crippen molar-refractivity contribution in [1.29, 1.82) is 0 Å². The molecule has 2 rings (SSSR count). The second kappa shape index (κ2) is 8.45. The topological polar surface area (TPSA) is 72.7 Å². The maximum atomic E-state index is 12.5. The molecule has 0 aliphatic carbocycles. The fourth-order valence-electron chi connectivity index (χ4n) is 2.09. The number of aryl methyl sites for hydroxylation is 1. The number of anilines is 1. The van der Waals surface area contributed by atoms with E-state index in [1.165, 1.54) is 0 Å². The Morgan fingerprint density at radius 1 is 1.08 bits per heavy atom. The molecule has 26 heavy (non-hydrogen) atoms. The van der Waals surface area contributed by atoms with Gasteiger partial charge in [-0.1, -0.05) is 0 Å². The number of hydrogen-bond acceptors (Lipinski definition) is 4. The number of furan rings is 1. The van der Waals surface area contributed by atoms with Gasteiger partial charge in [0.25, 0.3) is 0 Å². The molecule has 0 spiro atoms. The maximum absolute atomic E-state index is 12.5. The number of carbonyl (C=O) groups is 1. The van der Waals surface area contributed by atoms with Gasteiger partial charge >= 0.3 is 19.3 Å². The number of hydrogen-bond donors (Lipinski definition) is 2. The van der Waals surface area contributed by atoms with Gasteiger partial charge in [0.2, 0.25) is 0 Å². The Morgan fingerprint density at radius 2 is 1.77 bits per heavy atom. The van der Waals surface area contributed by atoms with E-state index in [0.717, 1.165) is 18.2 Å². The summed E-state index contributed by atoms with van der Waals surface area (Å²) < 4.78 is 63.2. The Morgan fingerprint density at radius 3 is 2.35 bits per heavy atom. The number of halogens is 4. The van der Waals surface area contributed by atoms with Crippen molar-refractivity contribution in [3.8, 4) is 11.5 Å². The number of ether oxygens (including phenoxy) is 2. The summed E-state index contributed by atoms with van der Waals surface area (Å²) in [5.74, 6) is 0.259. The highest BCUT2D eigenvalue weighted by Gasteiger charge is 2.17. The SMILES string of the molecule is Cc1ccc(C(C)NC(=O)Nc2ccc(OC(F)F)cc2OC(F)F)o1. The Hall–Kier alpha value is -2.91. The van der Waals surface area contributed by atoms with Crippen LogP contribution in [0.25, 0.3) is 0 Å². The molecule has 1 heterocycles. The summed E-state index contributed by atoms with van der Waals surface area (Å²) >= 11 is 0. The molecule has 2 amide bonds. The standard InChI is InChI=1S/C16H16F4N2O4/c1-8-3-6-12(24-8)9(2)21-16(23)22-11-5-4-10(25-14(17)18)7-13(11)26-15(19)20/h3-7,9,14-15H,1-2H3,(H2,21,22,23). The van der Waals surface area contributed by atoms with Crippen molar-refractivity contribution in [2.75, 3.05) is 5.32 Å². The average molecular weight is 376 g/mol. The van der Waals surface area contributed by atoms with Crippen LogP contribution in [-0.4, -0.2) is 19.3 Å². The minimum atomic E-state index is -3.22. The number of amides is 2. The summed E-state index contributed by atoms with van der Waals surface area (Å²) in [4.78, 5) is 12.0. The molecule has 2 N–H and O–H groups in total. The van der Waals surface area contributed by atoms with Gasteiger partial charge < -0.3 is 24.5 Å². The third-order valence-electron chi connectivity index (χ3n) is 3.18. The zero-order valence-corrected chi connectivity index (χ0v) is 13.8. The smallest absolute Gasteiger partial charge is 0.387 e. The molecular weight excluding hydrogens is 360 g/mol. The lowest BCUT2D eigenvalue weighted by atomic mass is 10.2. The predicted molar refractivity (Wildman–Crippen MR) is 83.7 cm³/mol. The van der Waals surface area contributed by atoms with Gasteiger partial charge in [0, 0.05) is 6.07 Å². The molecule has 1 aromatic carbocycles. The highest BCUT2D eigenvalue weighted by atomic mass is 19.3. The predicted octanol–water partition coefficient (Wildman–Crippen LogP) is 4.67. The molecule has 0 bridgehead atoms. The van der Waals surface area contributed by atoms with Crippen molar-refractivity contribution in [3.05, 3.63) is 41.9 Å². The molecular formula is C16H16F4N2O4. The number of carbonyl (C=O) groups excluding carboxylic acids is 1. The van der Waals surface area contributed by atoms with Crippen LogP contribution in [0.2, 0.25) is 0 Å². The normalized spacial score (nSPS) is 12.2. The van der Waals surface area contributed by atoms with Crippen molar-refractivity contribution >= 4 is 11.7 Å². The lowest BCUT2D eigenvalue weighted by molar-refractivity contribution is -0.0539. The Labute approximate surface area is 146 Å². The largest absolute Gasteiger partial charge is 0.464 e. The van der Waals surface area contributed by atoms with Gasteiger partial charge in [-0.05, 0) is 38.1 Å². The van der Waals surface area contributed by atoms with Crippen molar-refractivity contribution in [1.82, 2.24) is 5.32 Å². The van der Waals surface area contributed by atoms with Crippen molar-refractivity contribution in [3.63, 3.8) is 0 Å². The fourth-order valence-corrected chi connectivity index (χ4v) is 2.09. The van der Waals surface area contributed by atoms with Gasteiger partial charge in [-0.15, -0.1) is 0 Å². The summed E-state index contributed by atoms with van der Waals surface area (Å²) in [6.45, 7) is -2.94. The quantitative estimate of drug-likeness (QED) is 0.689. The monoisotopic (exact) mass is 376 g/mol. The number of alkyl halides is 4. The molecule has 0 radical (unpaired) electrons. The molecule has 0 saturated heterocycles. The van der Waals surface area contributed by atoms with E-state index in [9.17, 15) is 22.4 Å². The lowest BCUT2D eigenvalue weighted by Gasteiger charge is -2.16. The van der Waals surface area contributed by atoms with Gasteiger partial charge in [-0.25, -0.2) is 4.79 Å². The molecule has 142 valence electrons. The Balaban J connectivity index is 2.09. The maximum Gasteiger partial charge on any atom is 0.387 e. The number of rotatable bonds is 7. The van der Waals surface area contributed by atoms with Gasteiger partial charge in [0.1, 0.15) is 17.3 Å². The summed E-state index contributed by atoms with van der Waals surface area (Å²) in [5.41, 5.74) is -0.146. The summed E-state index contributed by atoms with van der Waals surface area (Å²) in [6, 6.07) is 5.20. The van der Waals surface area contributed by atoms with E-state index < -0.39 is 31.0 Å². The fraction of sp³-hybridized carbons (Fsp3) is 0.312. The van der Waals surface area contributed by atoms with Crippen molar-refractivity contribution in [2.45, 2.75) is 33.1 Å². The molecule has 1 aromatic heterocycles. The van der Waals surface area contributed by atoms with Crippen molar-refractivity contribution in [2.24, 2.45) is 0 Å². The average Bonchev–Trinajstić information content (AvgIpc) is 2.95. The second-order valence-electron chi connectivity index (χ2n) is 5.18. The van der Waals surface area contributed by atoms with E-state index in [0.29, 0.717) is 11.5 Å². The summed E-state index contributed by atoms with van der Waals surface area (Å²) in [6.07, 6.45) is 0. The first-order chi connectivity index (χ1) is 12.2. The number of urea groups is 1. The van der Waals surface area contributed by atoms with Crippen LogP contribution in [-0.2, 0) is 0 Å². The zero-order chi connectivity index (χ0) is 19.3. The van der Waals surface area contributed by atoms with E-state index in [2.05, 4.69) is 20.1 Å². The highest BCUT2D eigenvalue weighted by molar-refractivity contribution is 5.91. The summed E-state index contributed by atoms with van der Waals surface area (Å²) in [5, 5.41) is 4.86. The van der Waals surface area contributed by atoms with Gasteiger partial charge in [0.05, 0.1) is 11.7 Å². The molecule has 0 saturated carbocycles. The van der Waals surface area contributed by atoms with E-state index in [1.54, 1.807) is 26.0 Å². The van der Waals surface area contributed by atoms with Crippen LogP contribution in [0.3, 0.4) is 0 Å². The molecule has 0 aliphatic rings. The van der Waals surface area contributed by atoms with Crippen LogP contribution >= 0.6 is 0 Å². The van der Waals surface area contributed by atoms with E-state index in [-0.39, 0.29) is 11.4 Å². The Kier molecular flexibility index (Phi) is 6.31. The van der Waals surface area contributed by atoms with Gasteiger partial charge in [-0.2, -0.15) is 17.6 Å². The molecule has 2 aromatic rings.